The van der Waals surface area contributed by atoms with Crippen LogP contribution in [0.25, 0.3) is 0 Å². The van der Waals surface area contributed by atoms with Crippen LogP contribution < -0.4 is 10.6 Å². The highest BCUT2D eigenvalue weighted by molar-refractivity contribution is 7.15. The van der Waals surface area contributed by atoms with E-state index in [1.54, 1.807) is 57.3 Å². The van der Waals surface area contributed by atoms with E-state index in [1.807, 2.05) is 0 Å². The van der Waals surface area contributed by atoms with Gasteiger partial charge in [-0.2, -0.15) is 0 Å². The van der Waals surface area contributed by atoms with Gasteiger partial charge in [0.05, 0.1) is 5.60 Å². The van der Waals surface area contributed by atoms with E-state index in [1.165, 1.54) is 11.3 Å². The van der Waals surface area contributed by atoms with Crippen molar-refractivity contribution in [2.45, 2.75) is 70.6 Å². The molecule has 2 rings (SSSR count). The van der Waals surface area contributed by atoms with Gasteiger partial charge in [-0.3, -0.25) is 9.59 Å². The van der Waals surface area contributed by atoms with Gasteiger partial charge in [-0.15, -0.1) is 11.3 Å². The lowest BCUT2D eigenvalue weighted by molar-refractivity contribution is -0.132. The Morgan fingerprint density at radius 2 is 1.83 bits per heavy atom. The zero-order valence-electron chi connectivity index (χ0n) is 17.9. The normalized spacial score (nSPS) is 14.6. The van der Waals surface area contributed by atoms with Crippen molar-refractivity contribution in [2.75, 3.05) is 5.32 Å². The van der Waals surface area contributed by atoms with Crippen LogP contribution in [0.4, 0.5) is 5.13 Å². The van der Waals surface area contributed by atoms with E-state index in [4.69, 9.17) is 0 Å². The Morgan fingerprint density at radius 1 is 1.17 bits per heavy atom. The molecule has 1 aromatic carbocycles. The average molecular weight is 434 g/mol. The number of aliphatic hydroxyl groups is 2. The molecule has 0 bridgehead atoms. The molecule has 4 N–H and O–H groups in total. The fourth-order valence-electron chi connectivity index (χ4n) is 2.91. The molecule has 3 atom stereocenters. The molecule has 0 spiro atoms. The molecule has 1 aromatic heterocycles. The van der Waals surface area contributed by atoms with Crippen LogP contribution in [0.3, 0.4) is 0 Å². The molecule has 0 aliphatic rings. The number of aromatic nitrogens is 1. The first-order chi connectivity index (χ1) is 14.1. The van der Waals surface area contributed by atoms with E-state index in [0.29, 0.717) is 10.7 Å². The predicted molar refractivity (Wildman–Crippen MR) is 118 cm³/mol. The number of rotatable bonds is 10. The summed E-state index contributed by atoms with van der Waals surface area (Å²) in [6.07, 6.45) is 2.96. The van der Waals surface area contributed by atoms with Crippen molar-refractivity contribution in [1.29, 1.82) is 0 Å². The number of hydrogen-bond donors (Lipinski definition) is 4. The van der Waals surface area contributed by atoms with E-state index < -0.39 is 29.6 Å². The molecule has 2 aromatic rings. The van der Waals surface area contributed by atoms with Crippen molar-refractivity contribution in [3.63, 3.8) is 0 Å². The number of carbonyl (C=O) groups is 2. The fourth-order valence-corrected chi connectivity index (χ4v) is 3.82. The maximum Gasteiger partial charge on any atom is 0.254 e. The van der Waals surface area contributed by atoms with Crippen LogP contribution in [-0.2, 0) is 9.59 Å². The van der Waals surface area contributed by atoms with Gasteiger partial charge in [-0.25, -0.2) is 4.98 Å². The molecule has 2 amide bonds. The summed E-state index contributed by atoms with van der Waals surface area (Å²) in [5.41, 5.74) is -0.202. The summed E-state index contributed by atoms with van der Waals surface area (Å²) in [5, 5.41) is 25.6. The Bertz CT molecular complexity index is 832. The summed E-state index contributed by atoms with van der Waals surface area (Å²) in [7, 11) is 0. The third-order valence-corrected chi connectivity index (χ3v) is 5.93. The second-order valence-corrected chi connectivity index (χ2v) is 9.27. The summed E-state index contributed by atoms with van der Waals surface area (Å²) in [6, 6.07) is 7.72. The Balaban J connectivity index is 1.84. The highest BCUT2D eigenvalue weighted by Gasteiger charge is 2.23. The van der Waals surface area contributed by atoms with Gasteiger partial charge in [0.1, 0.15) is 6.04 Å². The molecule has 30 heavy (non-hydrogen) atoms. The number of hydrogen-bond acceptors (Lipinski definition) is 6. The molecule has 1 heterocycles. The number of anilines is 1. The number of nitrogens with one attached hydrogen (secondary N) is 2. The largest absolute Gasteiger partial charge is 0.390 e. The van der Waals surface area contributed by atoms with Gasteiger partial charge in [-0.05, 0) is 51.5 Å². The molecule has 0 fully saturated rings. The molecule has 0 radical (unpaired) electrons. The maximum absolute atomic E-state index is 12.4. The number of nitrogens with zero attached hydrogens (tertiary/aromatic N) is 1. The number of thiazole rings is 1. The van der Waals surface area contributed by atoms with E-state index in [9.17, 15) is 19.8 Å². The summed E-state index contributed by atoms with van der Waals surface area (Å²) in [4.78, 5) is 29.9. The second kappa shape index (κ2) is 10.7. The van der Waals surface area contributed by atoms with Gasteiger partial charge < -0.3 is 20.8 Å². The van der Waals surface area contributed by atoms with Gasteiger partial charge in [0.15, 0.2) is 11.2 Å². The lowest BCUT2D eigenvalue weighted by Crippen LogP contribution is -2.43. The standard InChI is InChI=1S/C22H31N3O4S/c1-14(9-8-12-22(3,4)29)17-13-23-21(30-17)25-19(27)15(2)24-20(28)18(26)16-10-6-5-7-11-16/h5-7,10-11,13-15,18,26,29H,8-9,12H2,1-4H3,(H,24,28)(H,23,25,27)/t14?,15-,18-/m0/s1. The summed E-state index contributed by atoms with van der Waals surface area (Å²) >= 11 is 1.40. The highest BCUT2D eigenvalue weighted by atomic mass is 32.1. The Kier molecular flexibility index (Phi) is 8.52. The minimum atomic E-state index is -1.34. The first kappa shape index (κ1) is 24.0. The SMILES string of the molecule is CC(CCCC(C)(C)O)c1cnc(NC(=O)[C@H](C)NC(=O)[C@@H](O)c2ccccc2)s1. The van der Waals surface area contributed by atoms with Crippen LogP contribution in [0.1, 0.15) is 69.4 Å². The van der Waals surface area contributed by atoms with Gasteiger partial charge in [0, 0.05) is 11.1 Å². The fraction of sp³-hybridized carbons (Fsp3) is 0.500. The summed E-state index contributed by atoms with van der Waals surface area (Å²) in [5.74, 6) is -0.767. The van der Waals surface area contributed by atoms with Gasteiger partial charge in [0.25, 0.3) is 5.91 Å². The zero-order chi connectivity index (χ0) is 22.3. The van der Waals surface area contributed by atoms with E-state index in [0.717, 1.165) is 24.1 Å². The number of carbonyl (C=O) groups excluding carboxylic acids is 2. The second-order valence-electron chi connectivity index (χ2n) is 8.21. The van der Waals surface area contributed by atoms with E-state index in [-0.39, 0.29) is 5.92 Å². The minimum absolute atomic E-state index is 0.272. The lowest BCUT2D eigenvalue weighted by atomic mass is 9.96. The lowest BCUT2D eigenvalue weighted by Gasteiger charge is -2.17. The van der Waals surface area contributed by atoms with Crippen LogP contribution in [0.2, 0.25) is 0 Å². The van der Waals surface area contributed by atoms with Crippen molar-refractivity contribution in [3.05, 3.63) is 47.0 Å². The maximum atomic E-state index is 12.4. The van der Waals surface area contributed by atoms with Gasteiger partial charge >= 0.3 is 0 Å². The Morgan fingerprint density at radius 3 is 2.47 bits per heavy atom. The van der Waals surface area contributed by atoms with Crippen molar-refractivity contribution in [3.8, 4) is 0 Å². The molecule has 8 heteroatoms. The highest BCUT2D eigenvalue weighted by Crippen LogP contribution is 2.30. The third-order valence-electron chi connectivity index (χ3n) is 4.78. The Labute approximate surface area is 181 Å². The molecule has 7 nitrogen and oxygen atoms in total. The topological polar surface area (TPSA) is 112 Å². The van der Waals surface area contributed by atoms with Crippen LogP contribution in [0.5, 0.6) is 0 Å². The van der Waals surface area contributed by atoms with Crippen LogP contribution >= 0.6 is 11.3 Å². The monoisotopic (exact) mass is 433 g/mol. The number of aliphatic hydroxyl groups excluding tert-OH is 1. The number of benzene rings is 1. The number of amides is 2. The van der Waals surface area contributed by atoms with E-state index in [2.05, 4.69) is 22.5 Å². The molecular formula is C22H31N3O4S. The first-order valence-electron chi connectivity index (χ1n) is 10.1. The summed E-state index contributed by atoms with van der Waals surface area (Å²) < 4.78 is 0. The molecular weight excluding hydrogens is 402 g/mol. The first-order valence-corrected chi connectivity index (χ1v) is 10.9. The third kappa shape index (κ3) is 7.51. The van der Waals surface area contributed by atoms with Crippen molar-refractivity contribution in [1.82, 2.24) is 10.3 Å². The zero-order valence-corrected chi connectivity index (χ0v) is 18.7. The quantitative estimate of drug-likeness (QED) is 0.459. The summed E-state index contributed by atoms with van der Waals surface area (Å²) in [6.45, 7) is 7.25. The van der Waals surface area contributed by atoms with Crippen LogP contribution in [0.15, 0.2) is 36.5 Å². The predicted octanol–water partition coefficient (Wildman–Crippen LogP) is 3.36. The van der Waals surface area contributed by atoms with Crippen molar-refractivity contribution < 1.29 is 19.8 Å². The van der Waals surface area contributed by atoms with Crippen LogP contribution in [0, 0.1) is 0 Å². The van der Waals surface area contributed by atoms with Gasteiger partial charge in [-0.1, -0.05) is 37.3 Å². The van der Waals surface area contributed by atoms with Crippen molar-refractivity contribution in [2.24, 2.45) is 0 Å². The molecule has 0 saturated carbocycles. The molecule has 1 unspecified atom stereocenters. The molecule has 0 saturated heterocycles. The minimum Gasteiger partial charge on any atom is -0.390 e. The van der Waals surface area contributed by atoms with E-state index >= 15 is 0 Å². The Hall–Kier alpha value is -2.29. The van der Waals surface area contributed by atoms with Gasteiger partial charge in [0.2, 0.25) is 5.91 Å². The molecule has 0 aliphatic carbocycles. The average Bonchev–Trinajstić information content (AvgIpc) is 3.15. The van der Waals surface area contributed by atoms with Crippen molar-refractivity contribution >= 4 is 28.3 Å². The molecule has 0 aliphatic heterocycles. The molecule has 164 valence electrons. The van der Waals surface area contributed by atoms with Crippen LogP contribution in [-0.4, -0.2) is 38.7 Å². The smallest absolute Gasteiger partial charge is 0.254 e.